The van der Waals surface area contributed by atoms with Gasteiger partial charge in [0.1, 0.15) is 17.5 Å². The molecule has 2 aromatic carbocycles. The Morgan fingerprint density at radius 2 is 1.69 bits per heavy atom. The van der Waals surface area contributed by atoms with Crippen LogP contribution in [0.15, 0.2) is 48.5 Å². The minimum absolute atomic E-state index is 0.152. The fraction of sp³-hybridized carbons (Fsp3) is 0.517. The van der Waals surface area contributed by atoms with Gasteiger partial charge in [-0.3, -0.25) is 4.79 Å². The van der Waals surface area contributed by atoms with Crippen molar-refractivity contribution in [3.8, 4) is 16.9 Å². The fourth-order valence-corrected chi connectivity index (χ4v) is 5.25. The fourth-order valence-electron chi connectivity index (χ4n) is 5.25. The number of esters is 1. The largest absolute Gasteiger partial charge is 0.493 e. The van der Waals surface area contributed by atoms with E-state index in [2.05, 4.69) is 4.90 Å². The molecule has 0 radical (unpaired) electrons. The normalized spacial score (nSPS) is 19.3. The number of halogens is 1. The third-order valence-electron chi connectivity index (χ3n) is 7.10. The number of likely N-dealkylation sites (tertiary alicyclic amines) is 2. The zero-order valence-corrected chi connectivity index (χ0v) is 21.5. The molecule has 0 bridgehead atoms. The van der Waals surface area contributed by atoms with Crippen molar-refractivity contribution in [2.45, 2.75) is 51.2 Å². The van der Waals surface area contributed by atoms with Crippen LogP contribution in [0.3, 0.4) is 0 Å². The van der Waals surface area contributed by atoms with Crippen LogP contribution in [-0.4, -0.2) is 73.3 Å². The Morgan fingerprint density at radius 1 is 1.00 bits per heavy atom. The summed E-state index contributed by atoms with van der Waals surface area (Å²) in [5.74, 6) is 0.739. The molecule has 7 heteroatoms. The van der Waals surface area contributed by atoms with E-state index in [1.165, 1.54) is 7.11 Å². The first-order valence-corrected chi connectivity index (χ1v) is 12.9. The van der Waals surface area contributed by atoms with Crippen LogP contribution < -0.4 is 4.74 Å². The highest BCUT2D eigenvalue weighted by atomic mass is 19.1. The third kappa shape index (κ3) is 6.44. The van der Waals surface area contributed by atoms with Crippen LogP contribution in [0, 0.1) is 5.92 Å². The SMILES string of the molecule is COC(=O)[C@@H]1CCCN1C(=O)c1ccccc1-c1ccc(OCC2CCN(CC(C)(C)F)CC2)cc1. The number of alkyl halides is 1. The standard InChI is InChI=1S/C29H37FN2O4/c1-29(2,30)20-31-17-14-21(15-18-31)19-36-23-12-10-22(11-13-23)24-7-4-5-8-25(24)27(33)32-16-6-9-26(32)28(34)35-3/h4-5,7-8,10-13,21,26H,6,9,14-20H2,1-3H3/t26-/m0/s1. The quantitative estimate of drug-likeness (QED) is 0.483. The Labute approximate surface area is 213 Å². The Morgan fingerprint density at radius 3 is 2.36 bits per heavy atom. The van der Waals surface area contributed by atoms with E-state index in [1.807, 2.05) is 48.5 Å². The molecule has 4 rings (SSSR count). The molecule has 0 spiro atoms. The molecule has 194 valence electrons. The molecule has 6 nitrogen and oxygen atoms in total. The van der Waals surface area contributed by atoms with E-state index in [-0.39, 0.29) is 11.9 Å². The molecule has 0 saturated carbocycles. The lowest BCUT2D eigenvalue weighted by atomic mass is 9.96. The van der Waals surface area contributed by atoms with Crippen LogP contribution in [0.25, 0.3) is 11.1 Å². The smallest absolute Gasteiger partial charge is 0.328 e. The van der Waals surface area contributed by atoms with Crippen LogP contribution in [0.5, 0.6) is 5.75 Å². The van der Waals surface area contributed by atoms with Crippen molar-refractivity contribution in [1.82, 2.24) is 9.80 Å². The number of nitrogens with zero attached hydrogens (tertiary/aromatic N) is 2. The molecule has 1 atom stereocenters. The van der Waals surface area contributed by atoms with Crippen molar-refractivity contribution in [2.75, 3.05) is 39.9 Å². The highest BCUT2D eigenvalue weighted by Gasteiger charge is 2.36. The van der Waals surface area contributed by atoms with Gasteiger partial charge in [0.15, 0.2) is 0 Å². The maximum atomic E-state index is 13.9. The van der Waals surface area contributed by atoms with Gasteiger partial charge in [0, 0.05) is 18.7 Å². The number of carbonyl (C=O) groups is 2. The molecular formula is C29H37FN2O4. The van der Waals surface area contributed by atoms with Crippen LogP contribution in [0.1, 0.15) is 49.9 Å². The van der Waals surface area contributed by atoms with E-state index < -0.39 is 11.7 Å². The monoisotopic (exact) mass is 496 g/mol. The average Bonchev–Trinajstić information content (AvgIpc) is 3.37. The van der Waals surface area contributed by atoms with Crippen molar-refractivity contribution >= 4 is 11.9 Å². The summed E-state index contributed by atoms with van der Waals surface area (Å²) in [6.07, 6.45) is 3.42. The number of hydrogen-bond donors (Lipinski definition) is 0. The second-order valence-corrected chi connectivity index (χ2v) is 10.5. The van der Waals surface area contributed by atoms with Gasteiger partial charge in [0.05, 0.1) is 13.7 Å². The van der Waals surface area contributed by atoms with E-state index in [0.29, 0.717) is 37.6 Å². The van der Waals surface area contributed by atoms with Crippen LogP contribution in [0.2, 0.25) is 0 Å². The summed E-state index contributed by atoms with van der Waals surface area (Å²) in [6.45, 7) is 6.73. The molecule has 2 aromatic rings. The van der Waals surface area contributed by atoms with E-state index in [0.717, 1.165) is 49.2 Å². The zero-order chi connectivity index (χ0) is 25.7. The number of piperidine rings is 1. The summed E-state index contributed by atoms with van der Waals surface area (Å²) in [7, 11) is 1.36. The number of amides is 1. The molecule has 2 saturated heterocycles. The summed E-state index contributed by atoms with van der Waals surface area (Å²) in [6, 6.07) is 14.8. The van der Waals surface area contributed by atoms with Crippen LogP contribution >= 0.6 is 0 Å². The number of benzene rings is 2. The Balaban J connectivity index is 1.37. The van der Waals surface area contributed by atoms with Crippen molar-refractivity contribution in [2.24, 2.45) is 5.92 Å². The van der Waals surface area contributed by atoms with E-state index in [9.17, 15) is 14.0 Å². The van der Waals surface area contributed by atoms with Gasteiger partial charge in [-0.2, -0.15) is 0 Å². The number of rotatable bonds is 8. The summed E-state index contributed by atoms with van der Waals surface area (Å²) in [4.78, 5) is 29.4. The molecule has 1 amide bonds. The van der Waals surface area contributed by atoms with E-state index in [4.69, 9.17) is 9.47 Å². The topological polar surface area (TPSA) is 59.1 Å². The zero-order valence-electron chi connectivity index (χ0n) is 21.5. The Kier molecular flexibility index (Phi) is 8.29. The molecule has 36 heavy (non-hydrogen) atoms. The van der Waals surface area contributed by atoms with Crippen molar-refractivity contribution in [1.29, 1.82) is 0 Å². The summed E-state index contributed by atoms with van der Waals surface area (Å²) < 4.78 is 24.9. The molecule has 2 aliphatic rings. The van der Waals surface area contributed by atoms with Crippen LogP contribution in [-0.2, 0) is 9.53 Å². The predicted octanol–water partition coefficient (Wildman–Crippen LogP) is 4.97. The second-order valence-electron chi connectivity index (χ2n) is 10.5. The average molecular weight is 497 g/mol. The van der Waals surface area contributed by atoms with Crippen LogP contribution in [0.4, 0.5) is 4.39 Å². The summed E-state index contributed by atoms with van der Waals surface area (Å²) in [5, 5.41) is 0. The van der Waals surface area contributed by atoms with Crippen molar-refractivity contribution < 1.29 is 23.5 Å². The number of ether oxygens (including phenoxy) is 2. The van der Waals surface area contributed by atoms with Gasteiger partial charge >= 0.3 is 5.97 Å². The van der Waals surface area contributed by atoms with Crippen molar-refractivity contribution in [3.05, 3.63) is 54.1 Å². The highest BCUT2D eigenvalue weighted by molar-refractivity contribution is 6.02. The van der Waals surface area contributed by atoms with Gasteiger partial charge in [0.2, 0.25) is 0 Å². The lowest BCUT2D eigenvalue weighted by molar-refractivity contribution is -0.145. The maximum Gasteiger partial charge on any atom is 0.328 e. The number of hydrogen-bond acceptors (Lipinski definition) is 5. The van der Waals surface area contributed by atoms with Gasteiger partial charge in [-0.05, 0) is 87.9 Å². The molecule has 2 fully saturated rings. The molecule has 0 aliphatic carbocycles. The first-order valence-electron chi connectivity index (χ1n) is 12.9. The van der Waals surface area contributed by atoms with Crippen molar-refractivity contribution in [3.63, 3.8) is 0 Å². The van der Waals surface area contributed by atoms with E-state index in [1.54, 1.807) is 18.7 Å². The molecule has 0 N–H and O–H groups in total. The summed E-state index contributed by atoms with van der Waals surface area (Å²) in [5.41, 5.74) is 1.16. The lowest BCUT2D eigenvalue weighted by Crippen LogP contribution is -2.41. The van der Waals surface area contributed by atoms with Gasteiger partial charge in [0.25, 0.3) is 5.91 Å². The maximum absolute atomic E-state index is 13.9. The summed E-state index contributed by atoms with van der Waals surface area (Å²) >= 11 is 0. The highest BCUT2D eigenvalue weighted by Crippen LogP contribution is 2.30. The van der Waals surface area contributed by atoms with Gasteiger partial charge < -0.3 is 19.3 Å². The predicted molar refractivity (Wildman–Crippen MR) is 138 cm³/mol. The molecular weight excluding hydrogens is 459 g/mol. The van der Waals surface area contributed by atoms with Gasteiger partial charge in [-0.15, -0.1) is 0 Å². The minimum Gasteiger partial charge on any atom is -0.493 e. The Bertz CT molecular complexity index is 1040. The number of methoxy groups -OCH3 is 1. The van der Waals surface area contributed by atoms with Gasteiger partial charge in [-0.1, -0.05) is 30.3 Å². The van der Waals surface area contributed by atoms with E-state index >= 15 is 0 Å². The molecule has 2 aliphatic heterocycles. The molecule has 0 aromatic heterocycles. The second kappa shape index (κ2) is 11.4. The molecule has 2 heterocycles. The Hall–Kier alpha value is -2.93. The number of carbonyl (C=O) groups excluding carboxylic acids is 2. The van der Waals surface area contributed by atoms with Gasteiger partial charge in [-0.25, -0.2) is 9.18 Å². The first-order chi connectivity index (χ1) is 17.2. The third-order valence-corrected chi connectivity index (χ3v) is 7.10. The molecule has 0 unspecified atom stereocenters. The minimum atomic E-state index is -1.16. The first kappa shape index (κ1) is 26.1. The lowest BCUT2D eigenvalue weighted by Gasteiger charge is -2.34.